The summed E-state index contributed by atoms with van der Waals surface area (Å²) in [6, 6.07) is 14.3. The highest BCUT2D eigenvalue weighted by Crippen LogP contribution is 2.26. The van der Waals surface area contributed by atoms with Crippen LogP contribution >= 0.6 is 0 Å². The molecule has 6 heteroatoms. The van der Waals surface area contributed by atoms with Gasteiger partial charge in [-0.3, -0.25) is 4.90 Å². The molecule has 2 aromatic carbocycles. The first kappa shape index (κ1) is 21.0. The van der Waals surface area contributed by atoms with Gasteiger partial charge < -0.3 is 25.5 Å². The normalized spacial score (nSPS) is 20.6. The van der Waals surface area contributed by atoms with Gasteiger partial charge >= 0.3 is 0 Å². The summed E-state index contributed by atoms with van der Waals surface area (Å²) in [4.78, 5) is 5.00. The minimum absolute atomic E-state index is 0.0147. The molecular formula is C24H33N3O3. The van der Waals surface area contributed by atoms with Crippen LogP contribution in [0.1, 0.15) is 30.4 Å². The third kappa shape index (κ3) is 5.06. The average Bonchev–Trinajstić information content (AvgIpc) is 3.25. The Kier molecular flexibility index (Phi) is 6.77. The Hall–Kier alpha value is -2.28. The van der Waals surface area contributed by atoms with E-state index in [2.05, 4.69) is 39.4 Å². The van der Waals surface area contributed by atoms with E-state index >= 15 is 0 Å². The van der Waals surface area contributed by atoms with Crippen molar-refractivity contribution in [1.82, 2.24) is 4.90 Å². The van der Waals surface area contributed by atoms with Crippen molar-refractivity contribution in [2.24, 2.45) is 0 Å². The third-order valence-corrected chi connectivity index (χ3v) is 6.49. The van der Waals surface area contributed by atoms with Crippen molar-refractivity contribution in [1.29, 1.82) is 0 Å². The van der Waals surface area contributed by atoms with Crippen LogP contribution in [-0.4, -0.2) is 65.1 Å². The molecule has 2 fully saturated rings. The van der Waals surface area contributed by atoms with Crippen molar-refractivity contribution in [3.8, 4) is 5.75 Å². The maximum atomic E-state index is 9.73. The zero-order valence-electron chi connectivity index (χ0n) is 17.5. The lowest BCUT2D eigenvalue weighted by atomic mass is 10.0. The lowest BCUT2D eigenvalue weighted by molar-refractivity contribution is 0.0653. The largest absolute Gasteiger partial charge is 0.508 e. The van der Waals surface area contributed by atoms with Gasteiger partial charge in [0.25, 0.3) is 0 Å². The van der Waals surface area contributed by atoms with E-state index in [4.69, 9.17) is 0 Å². The quantitative estimate of drug-likeness (QED) is 0.561. The van der Waals surface area contributed by atoms with Crippen molar-refractivity contribution >= 4 is 11.4 Å². The van der Waals surface area contributed by atoms with Crippen LogP contribution in [0.4, 0.5) is 11.4 Å². The number of anilines is 2. The van der Waals surface area contributed by atoms with E-state index in [1.54, 1.807) is 18.2 Å². The summed E-state index contributed by atoms with van der Waals surface area (Å²) in [5.41, 5.74) is 4.16. The maximum Gasteiger partial charge on any atom is 0.115 e. The second-order valence-electron chi connectivity index (χ2n) is 8.49. The molecule has 162 valence electrons. The van der Waals surface area contributed by atoms with Crippen molar-refractivity contribution in [3.63, 3.8) is 0 Å². The lowest BCUT2D eigenvalue weighted by Gasteiger charge is -2.34. The molecule has 0 radical (unpaired) electrons. The Balaban J connectivity index is 1.27. The molecule has 0 saturated carbocycles. The SMILES string of the molecule is OCc1ccc(O)cc1CCNc1ccc(N2CCC(N3CCC(O)CC3)C2)cc1. The number of aromatic hydroxyl groups is 1. The summed E-state index contributed by atoms with van der Waals surface area (Å²) in [5, 5.41) is 32.3. The van der Waals surface area contributed by atoms with Gasteiger partial charge in [-0.2, -0.15) is 0 Å². The van der Waals surface area contributed by atoms with Crippen LogP contribution in [0.25, 0.3) is 0 Å². The van der Waals surface area contributed by atoms with E-state index in [1.165, 1.54) is 12.1 Å². The summed E-state index contributed by atoms with van der Waals surface area (Å²) in [5.74, 6) is 0.233. The van der Waals surface area contributed by atoms with Crippen LogP contribution in [0, 0.1) is 0 Å². The Morgan fingerprint density at radius 1 is 0.933 bits per heavy atom. The molecule has 0 bridgehead atoms. The molecule has 2 heterocycles. The van der Waals surface area contributed by atoms with Gasteiger partial charge in [-0.1, -0.05) is 6.07 Å². The number of phenols is 1. The number of hydrogen-bond donors (Lipinski definition) is 4. The highest BCUT2D eigenvalue weighted by Gasteiger charge is 2.30. The van der Waals surface area contributed by atoms with Gasteiger partial charge in [0.1, 0.15) is 5.75 Å². The van der Waals surface area contributed by atoms with Crippen molar-refractivity contribution in [2.45, 2.75) is 44.4 Å². The number of aliphatic hydroxyl groups is 2. The van der Waals surface area contributed by atoms with E-state index in [0.29, 0.717) is 6.04 Å². The fraction of sp³-hybridized carbons (Fsp3) is 0.500. The van der Waals surface area contributed by atoms with Crippen molar-refractivity contribution in [2.75, 3.05) is 42.9 Å². The van der Waals surface area contributed by atoms with Gasteiger partial charge in [-0.25, -0.2) is 0 Å². The average molecular weight is 412 g/mol. The molecule has 4 N–H and O–H groups in total. The fourth-order valence-corrected chi connectivity index (χ4v) is 4.66. The second kappa shape index (κ2) is 9.69. The summed E-state index contributed by atoms with van der Waals surface area (Å²) in [6.07, 6.45) is 3.62. The molecule has 4 rings (SSSR count). The number of nitrogens with one attached hydrogen (secondary N) is 1. The minimum Gasteiger partial charge on any atom is -0.508 e. The number of nitrogens with zero attached hydrogens (tertiary/aromatic N) is 2. The molecule has 1 atom stereocenters. The molecule has 0 aromatic heterocycles. The predicted octanol–water partition coefficient (Wildman–Crippen LogP) is 2.57. The monoisotopic (exact) mass is 411 g/mol. The molecule has 1 unspecified atom stereocenters. The molecule has 0 aliphatic carbocycles. The second-order valence-corrected chi connectivity index (χ2v) is 8.49. The van der Waals surface area contributed by atoms with Gasteiger partial charge in [-0.15, -0.1) is 0 Å². The summed E-state index contributed by atoms with van der Waals surface area (Å²) >= 11 is 0. The van der Waals surface area contributed by atoms with Crippen LogP contribution in [0.15, 0.2) is 42.5 Å². The molecule has 30 heavy (non-hydrogen) atoms. The topological polar surface area (TPSA) is 79.2 Å². The van der Waals surface area contributed by atoms with Crippen LogP contribution in [0.5, 0.6) is 5.75 Å². The molecule has 2 aromatic rings. The molecule has 0 amide bonds. The van der Waals surface area contributed by atoms with E-state index in [9.17, 15) is 15.3 Å². The third-order valence-electron chi connectivity index (χ3n) is 6.49. The predicted molar refractivity (Wildman–Crippen MR) is 120 cm³/mol. The first-order chi connectivity index (χ1) is 14.6. The van der Waals surface area contributed by atoms with Crippen LogP contribution in [0.3, 0.4) is 0 Å². The van der Waals surface area contributed by atoms with Gasteiger partial charge in [-0.05, 0) is 73.2 Å². The van der Waals surface area contributed by atoms with E-state index in [1.807, 2.05) is 0 Å². The van der Waals surface area contributed by atoms with E-state index < -0.39 is 0 Å². The Bertz CT molecular complexity index is 819. The number of aliphatic hydroxyl groups excluding tert-OH is 2. The number of phenolic OH excluding ortho intramolecular Hbond substituents is 1. The zero-order valence-corrected chi connectivity index (χ0v) is 17.5. The number of likely N-dealkylation sites (tertiary alicyclic amines) is 1. The standard InChI is InChI=1S/C24H33N3O3/c28-17-19-1-6-24(30)15-18(19)7-11-25-20-2-4-21(5-3-20)27-12-8-22(16-27)26-13-9-23(29)10-14-26/h1-6,15,22-23,25,28-30H,7-14,16-17H2. The maximum absolute atomic E-state index is 9.73. The molecule has 6 nitrogen and oxygen atoms in total. The molecule has 2 saturated heterocycles. The number of hydrogen-bond acceptors (Lipinski definition) is 6. The van der Waals surface area contributed by atoms with Crippen LogP contribution < -0.4 is 10.2 Å². The molecule has 2 aliphatic heterocycles. The summed E-state index contributed by atoms with van der Waals surface area (Å²) in [6.45, 7) is 4.89. The highest BCUT2D eigenvalue weighted by atomic mass is 16.3. The fourth-order valence-electron chi connectivity index (χ4n) is 4.66. The summed E-state index contributed by atoms with van der Waals surface area (Å²) in [7, 11) is 0. The molecule has 2 aliphatic rings. The molecular weight excluding hydrogens is 378 g/mol. The smallest absolute Gasteiger partial charge is 0.115 e. The zero-order chi connectivity index (χ0) is 20.9. The van der Waals surface area contributed by atoms with Crippen molar-refractivity contribution < 1.29 is 15.3 Å². The first-order valence-corrected chi connectivity index (χ1v) is 11.0. The van der Waals surface area contributed by atoms with Crippen LogP contribution in [0.2, 0.25) is 0 Å². The minimum atomic E-state index is -0.110. The summed E-state index contributed by atoms with van der Waals surface area (Å²) < 4.78 is 0. The lowest BCUT2D eigenvalue weighted by Crippen LogP contribution is -2.44. The number of rotatable bonds is 7. The highest BCUT2D eigenvalue weighted by molar-refractivity contribution is 5.56. The Labute approximate surface area is 178 Å². The number of piperidine rings is 1. The van der Waals surface area contributed by atoms with Gasteiger partial charge in [0.05, 0.1) is 12.7 Å². The molecule has 0 spiro atoms. The van der Waals surface area contributed by atoms with Gasteiger partial charge in [0, 0.05) is 50.1 Å². The van der Waals surface area contributed by atoms with E-state index in [-0.39, 0.29) is 18.5 Å². The Morgan fingerprint density at radius 2 is 1.70 bits per heavy atom. The van der Waals surface area contributed by atoms with Gasteiger partial charge in [0.15, 0.2) is 0 Å². The number of benzene rings is 2. The Morgan fingerprint density at radius 3 is 2.43 bits per heavy atom. The van der Waals surface area contributed by atoms with E-state index in [0.717, 1.165) is 68.8 Å². The van der Waals surface area contributed by atoms with Crippen LogP contribution in [-0.2, 0) is 13.0 Å². The van der Waals surface area contributed by atoms with Gasteiger partial charge in [0.2, 0.25) is 0 Å². The van der Waals surface area contributed by atoms with Crippen molar-refractivity contribution in [3.05, 3.63) is 53.6 Å². The first-order valence-electron chi connectivity index (χ1n) is 11.0.